The van der Waals surface area contributed by atoms with Crippen LogP contribution in [0.2, 0.25) is 0 Å². The number of hydrogen-bond acceptors (Lipinski definition) is 4. The zero-order valence-electron chi connectivity index (χ0n) is 8.67. The Morgan fingerprint density at radius 1 is 1.12 bits per heavy atom. The van der Waals surface area contributed by atoms with E-state index in [0.717, 1.165) is 0 Å². The summed E-state index contributed by atoms with van der Waals surface area (Å²) in [5.41, 5.74) is 0. The van der Waals surface area contributed by atoms with E-state index in [1.165, 1.54) is 6.26 Å². The fraction of sp³-hybridized carbons (Fsp3) is 0.0833. The molecule has 0 spiro atoms. The Hall–Kier alpha value is -2.23. The van der Waals surface area contributed by atoms with Gasteiger partial charge in [0.25, 0.3) is 0 Å². The maximum absolute atomic E-state index is 11.5. The van der Waals surface area contributed by atoms with Crippen LogP contribution in [0.3, 0.4) is 0 Å². The fourth-order valence-corrected chi connectivity index (χ4v) is 1.20. The molecule has 0 aliphatic rings. The van der Waals surface area contributed by atoms with E-state index in [1.54, 1.807) is 43.5 Å². The molecule has 0 aliphatic carbocycles. The monoisotopic (exact) mass is 218 g/mol. The highest BCUT2D eigenvalue weighted by Crippen LogP contribution is 2.18. The maximum Gasteiger partial charge on any atom is 0.379 e. The Bertz CT molecular complexity index is 456. The predicted octanol–water partition coefficient (Wildman–Crippen LogP) is 2.51. The number of furan rings is 1. The number of methoxy groups -OCH3 is 1. The second kappa shape index (κ2) is 4.53. The predicted molar refractivity (Wildman–Crippen MR) is 56.7 cm³/mol. The van der Waals surface area contributed by atoms with Gasteiger partial charge in [-0.2, -0.15) is 0 Å². The van der Waals surface area contributed by atoms with Crippen LogP contribution >= 0.6 is 0 Å². The average molecular weight is 218 g/mol. The van der Waals surface area contributed by atoms with Crippen molar-refractivity contribution in [3.63, 3.8) is 0 Å². The van der Waals surface area contributed by atoms with Crippen LogP contribution < -0.4 is 9.47 Å². The first-order valence-electron chi connectivity index (χ1n) is 4.69. The van der Waals surface area contributed by atoms with Crippen LogP contribution in [0, 0.1) is 0 Å². The molecule has 0 amide bonds. The summed E-state index contributed by atoms with van der Waals surface area (Å²) in [4.78, 5) is 11.5. The van der Waals surface area contributed by atoms with Crippen molar-refractivity contribution in [3.8, 4) is 11.5 Å². The van der Waals surface area contributed by atoms with Gasteiger partial charge in [-0.3, -0.25) is 0 Å². The zero-order valence-corrected chi connectivity index (χ0v) is 8.67. The first-order chi connectivity index (χ1) is 7.79. The molecule has 1 aromatic heterocycles. The summed E-state index contributed by atoms with van der Waals surface area (Å²) >= 11 is 0. The Morgan fingerprint density at radius 2 is 1.81 bits per heavy atom. The Morgan fingerprint density at radius 3 is 2.38 bits per heavy atom. The lowest BCUT2D eigenvalue weighted by molar-refractivity contribution is 0.0701. The molecule has 4 nitrogen and oxygen atoms in total. The Balaban J connectivity index is 2.06. The Kier molecular flexibility index (Phi) is 2.91. The van der Waals surface area contributed by atoms with Crippen LogP contribution in [-0.4, -0.2) is 13.1 Å². The molecule has 0 N–H and O–H groups in total. The van der Waals surface area contributed by atoms with Gasteiger partial charge in [0.05, 0.1) is 13.4 Å². The number of esters is 1. The minimum Gasteiger partial charge on any atom is -0.497 e. The van der Waals surface area contributed by atoms with E-state index in [1.807, 2.05) is 0 Å². The van der Waals surface area contributed by atoms with Crippen LogP contribution in [0.15, 0.2) is 47.1 Å². The van der Waals surface area contributed by atoms with Crippen molar-refractivity contribution < 1.29 is 18.7 Å². The van der Waals surface area contributed by atoms with Crippen molar-refractivity contribution in [1.82, 2.24) is 0 Å². The summed E-state index contributed by atoms with van der Waals surface area (Å²) < 4.78 is 15.0. The number of rotatable bonds is 3. The van der Waals surface area contributed by atoms with Crippen LogP contribution in [0.25, 0.3) is 0 Å². The summed E-state index contributed by atoms with van der Waals surface area (Å²) in [6.45, 7) is 0. The minimum atomic E-state index is -0.518. The number of hydrogen-bond donors (Lipinski definition) is 0. The van der Waals surface area contributed by atoms with Gasteiger partial charge in [-0.05, 0) is 36.4 Å². The van der Waals surface area contributed by atoms with Gasteiger partial charge < -0.3 is 13.9 Å². The lowest BCUT2D eigenvalue weighted by atomic mass is 10.3. The van der Waals surface area contributed by atoms with Crippen molar-refractivity contribution >= 4 is 5.97 Å². The molecule has 0 aliphatic heterocycles. The van der Waals surface area contributed by atoms with Crippen LogP contribution in [0.5, 0.6) is 11.5 Å². The molecular formula is C12H10O4. The molecule has 0 atom stereocenters. The van der Waals surface area contributed by atoms with E-state index in [9.17, 15) is 4.79 Å². The van der Waals surface area contributed by atoms with Gasteiger partial charge in [0.15, 0.2) is 0 Å². The molecule has 82 valence electrons. The van der Waals surface area contributed by atoms with Gasteiger partial charge in [-0.15, -0.1) is 0 Å². The quantitative estimate of drug-likeness (QED) is 0.586. The van der Waals surface area contributed by atoms with Gasteiger partial charge in [0, 0.05) is 0 Å². The van der Waals surface area contributed by atoms with Crippen LogP contribution in [0.1, 0.15) is 10.6 Å². The van der Waals surface area contributed by atoms with E-state index in [4.69, 9.17) is 13.9 Å². The van der Waals surface area contributed by atoms with Gasteiger partial charge in [-0.1, -0.05) is 0 Å². The van der Waals surface area contributed by atoms with Crippen molar-refractivity contribution in [3.05, 3.63) is 48.4 Å². The molecule has 0 radical (unpaired) electrons. The molecule has 2 rings (SSSR count). The molecule has 16 heavy (non-hydrogen) atoms. The fourth-order valence-electron chi connectivity index (χ4n) is 1.20. The lowest BCUT2D eigenvalue weighted by Crippen LogP contribution is -2.06. The third kappa shape index (κ3) is 2.23. The largest absolute Gasteiger partial charge is 0.497 e. The normalized spacial score (nSPS) is 9.81. The molecule has 0 saturated heterocycles. The van der Waals surface area contributed by atoms with Gasteiger partial charge in [0.2, 0.25) is 5.76 Å². The van der Waals surface area contributed by atoms with Crippen molar-refractivity contribution in [2.75, 3.05) is 7.11 Å². The summed E-state index contributed by atoms with van der Waals surface area (Å²) in [6.07, 6.45) is 1.42. The molecule has 0 saturated carbocycles. The van der Waals surface area contributed by atoms with E-state index in [2.05, 4.69) is 0 Å². The highest BCUT2D eigenvalue weighted by atomic mass is 16.5. The Labute approximate surface area is 92.4 Å². The zero-order chi connectivity index (χ0) is 11.4. The number of benzene rings is 1. The average Bonchev–Trinajstić information content (AvgIpc) is 2.83. The summed E-state index contributed by atoms with van der Waals surface area (Å²) in [5.74, 6) is 0.811. The van der Waals surface area contributed by atoms with Crippen molar-refractivity contribution in [2.24, 2.45) is 0 Å². The molecule has 0 fully saturated rings. The number of carbonyl (C=O) groups is 1. The molecular weight excluding hydrogens is 208 g/mol. The second-order valence-electron chi connectivity index (χ2n) is 3.04. The highest BCUT2D eigenvalue weighted by Gasteiger charge is 2.10. The van der Waals surface area contributed by atoms with Gasteiger partial charge in [-0.25, -0.2) is 4.79 Å². The number of carbonyl (C=O) groups excluding carboxylic acids is 1. The smallest absolute Gasteiger partial charge is 0.379 e. The topological polar surface area (TPSA) is 48.7 Å². The standard InChI is InChI=1S/C12H10O4/c1-14-9-4-6-10(7-5-9)16-12(13)11-3-2-8-15-11/h2-8H,1H3. The molecule has 2 aromatic rings. The number of ether oxygens (including phenoxy) is 2. The van der Waals surface area contributed by atoms with Crippen LogP contribution in [0.4, 0.5) is 0 Å². The third-order valence-electron chi connectivity index (χ3n) is 1.99. The van der Waals surface area contributed by atoms with Gasteiger partial charge >= 0.3 is 5.97 Å². The van der Waals surface area contributed by atoms with E-state index >= 15 is 0 Å². The summed E-state index contributed by atoms with van der Waals surface area (Å²) in [5, 5.41) is 0. The van der Waals surface area contributed by atoms with Crippen molar-refractivity contribution in [2.45, 2.75) is 0 Å². The van der Waals surface area contributed by atoms with E-state index in [-0.39, 0.29) is 5.76 Å². The SMILES string of the molecule is COc1ccc(OC(=O)c2ccco2)cc1. The molecule has 4 heteroatoms. The minimum absolute atomic E-state index is 0.177. The van der Waals surface area contributed by atoms with E-state index in [0.29, 0.717) is 11.5 Å². The highest BCUT2D eigenvalue weighted by molar-refractivity contribution is 5.88. The summed E-state index contributed by atoms with van der Waals surface area (Å²) in [7, 11) is 1.57. The molecule has 0 unspecified atom stereocenters. The molecule has 1 aromatic carbocycles. The first kappa shape index (κ1) is 10.3. The van der Waals surface area contributed by atoms with E-state index < -0.39 is 5.97 Å². The summed E-state index contributed by atoms with van der Waals surface area (Å²) in [6, 6.07) is 9.91. The first-order valence-corrected chi connectivity index (χ1v) is 4.69. The van der Waals surface area contributed by atoms with Gasteiger partial charge in [0.1, 0.15) is 11.5 Å². The third-order valence-corrected chi connectivity index (χ3v) is 1.99. The second-order valence-corrected chi connectivity index (χ2v) is 3.04. The lowest BCUT2D eigenvalue weighted by Gasteiger charge is -2.03. The molecule has 1 heterocycles. The van der Waals surface area contributed by atoms with Crippen molar-refractivity contribution in [1.29, 1.82) is 0 Å². The molecule has 0 bridgehead atoms. The maximum atomic E-state index is 11.5. The van der Waals surface area contributed by atoms with Crippen LogP contribution in [-0.2, 0) is 0 Å².